The van der Waals surface area contributed by atoms with Crippen LogP contribution in [0.4, 0.5) is 0 Å². The number of nitrogens with zero attached hydrogens (tertiary/aromatic N) is 1. The van der Waals surface area contributed by atoms with Crippen LogP contribution in [0.5, 0.6) is 0 Å². The van der Waals surface area contributed by atoms with Gasteiger partial charge in [0.15, 0.2) is 5.79 Å². The molecule has 0 aromatic rings. The topological polar surface area (TPSA) is 83.5 Å². The summed E-state index contributed by atoms with van der Waals surface area (Å²) in [5.41, 5.74) is 0.761. The van der Waals surface area contributed by atoms with E-state index in [2.05, 4.69) is 23.6 Å². The Morgan fingerprint density at radius 1 is 0.884 bits per heavy atom. The van der Waals surface area contributed by atoms with Crippen LogP contribution in [0, 0.1) is 59.3 Å². The van der Waals surface area contributed by atoms with Crippen LogP contribution >= 0.6 is 0 Å². The van der Waals surface area contributed by atoms with Gasteiger partial charge in [-0.1, -0.05) is 18.4 Å². The van der Waals surface area contributed by atoms with Gasteiger partial charge in [-0.15, -0.1) is 5.92 Å². The van der Waals surface area contributed by atoms with Gasteiger partial charge in [-0.05, 0) is 125 Å². The minimum atomic E-state index is -0.950. The molecule has 0 aromatic carbocycles. The lowest BCUT2D eigenvalue weighted by molar-refractivity contribution is -0.208. The third-order valence-corrected chi connectivity index (χ3v) is 14.0. The Labute approximate surface area is 258 Å². The molecular formula is C37H53NO5. The van der Waals surface area contributed by atoms with Crippen LogP contribution in [0.3, 0.4) is 0 Å². The molecule has 6 heteroatoms. The summed E-state index contributed by atoms with van der Waals surface area (Å²) in [6, 6.07) is 0.153. The fraction of sp³-hybridized carbons (Fsp3) is 0.865. The van der Waals surface area contributed by atoms with E-state index in [4.69, 9.17) is 16.0 Å². The molecule has 1 saturated heterocycles. The van der Waals surface area contributed by atoms with E-state index in [1.807, 2.05) is 6.92 Å². The Morgan fingerprint density at radius 3 is 2.21 bits per heavy atom. The van der Waals surface area contributed by atoms with Crippen LogP contribution in [0.2, 0.25) is 0 Å². The van der Waals surface area contributed by atoms with E-state index < -0.39 is 17.0 Å². The molecule has 5 saturated carbocycles. The molecule has 6 aliphatic carbocycles. The highest BCUT2D eigenvalue weighted by atomic mass is 16.7. The highest BCUT2D eigenvalue weighted by molar-refractivity contribution is 5.39. The predicted molar refractivity (Wildman–Crippen MR) is 164 cm³/mol. The van der Waals surface area contributed by atoms with E-state index in [9.17, 15) is 15.3 Å². The molecule has 0 bridgehead atoms. The Hall–Kier alpha value is -1.41. The highest BCUT2D eigenvalue weighted by Crippen LogP contribution is 2.68. The van der Waals surface area contributed by atoms with Crippen LogP contribution in [0.1, 0.15) is 117 Å². The molecule has 7 rings (SSSR count). The average molecular weight is 592 g/mol. The second kappa shape index (κ2) is 11.1. The second-order valence-electron chi connectivity index (χ2n) is 15.9. The summed E-state index contributed by atoms with van der Waals surface area (Å²) in [4.78, 5) is 3.76. The number of aliphatic hydroxyl groups excluding tert-OH is 1. The summed E-state index contributed by atoms with van der Waals surface area (Å²) in [5, 5.41) is 35.8. The standard InChI is InChI=1S/C37H53NO5/c1-4-16-36(41)18-14-30-28-13-17-35(40)23-37(42-20-21-43-37)19-15-31(35)32(28)29(22-34(30,36)2)24-5-7-25(8-6-24)33(39)26-9-11-27(38-3)12-10-26/h24-30,33,39-41H,5-15,17-23H2,1-2H3/t24?,25?,26?,27?,28?,29-,30?,33?,34+,35-,36+/m1/s1. The smallest absolute Gasteiger partial charge is 0.223 e. The van der Waals surface area contributed by atoms with E-state index in [1.54, 1.807) is 5.57 Å². The molecule has 6 nitrogen and oxygen atoms in total. The van der Waals surface area contributed by atoms with Gasteiger partial charge in [-0.25, -0.2) is 6.57 Å². The Bertz CT molecular complexity index is 1210. The van der Waals surface area contributed by atoms with Crippen LogP contribution in [0.15, 0.2) is 11.1 Å². The van der Waals surface area contributed by atoms with Gasteiger partial charge in [-0.3, -0.25) is 0 Å². The monoisotopic (exact) mass is 591 g/mol. The molecule has 0 amide bonds. The van der Waals surface area contributed by atoms with Gasteiger partial charge < -0.3 is 29.6 Å². The van der Waals surface area contributed by atoms with Crippen LogP contribution < -0.4 is 0 Å². The molecule has 0 aromatic heterocycles. The van der Waals surface area contributed by atoms with Crippen molar-refractivity contribution < 1.29 is 24.8 Å². The number of hydrogen-bond acceptors (Lipinski definition) is 5. The number of fused-ring (bicyclic) bond motifs is 4. The molecule has 0 radical (unpaired) electrons. The van der Waals surface area contributed by atoms with E-state index in [1.165, 1.54) is 5.57 Å². The summed E-state index contributed by atoms with van der Waals surface area (Å²) in [6.07, 6.45) is 14.5. The lowest BCUT2D eigenvalue weighted by Gasteiger charge is -2.58. The van der Waals surface area contributed by atoms with Gasteiger partial charge in [0.05, 0.1) is 24.9 Å². The van der Waals surface area contributed by atoms with Gasteiger partial charge in [0, 0.05) is 31.1 Å². The number of rotatable bonds is 3. The summed E-state index contributed by atoms with van der Waals surface area (Å²) in [5.74, 6) is 8.06. The fourth-order valence-corrected chi connectivity index (χ4v) is 11.8. The van der Waals surface area contributed by atoms with E-state index in [0.29, 0.717) is 55.1 Å². The van der Waals surface area contributed by atoms with Gasteiger partial charge >= 0.3 is 0 Å². The third-order valence-electron chi connectivity index (χ3n) is 14.0. The minimum absolute atomic E-state index is 0.153. The Balaban J connectivity index is 1.17. The minimum Gasteiger partial charge on any atom is -0.393 e. The number of aliphatic hydroxyl groups is 3. The number of ether oxygens (including phenoxy) is 2. The van der Waals surface area contributed by atoms with Crippen molar-refractivity contribution >= 4 is 0 Å². The van der Waals surface area contributed by atoms with Crippen molar-refractivity contribution in [3.05, 3.63) is 22.6 Å². The first kappa shape index (κ1) is 30.3. The average Bonchev–Trinajstić information content (AvgIpc) is 3.57. The maximum atomic E-state index is 12.3. The molecule has 3 N–H and O–H groups in total. The van der Waals surface area contributed by atoms with E-state index >= 15 is 0 Å². The fourth-order valence-electron chi connectivity index (χ4n) is 11.8. The zero-order valence-electron chi connectivity index (χ0n) is 26.5. The Kier molecular flexibility index (Phi) is 7.83. The van der Waals surface area contributed by atoms with Gasteiger partial charge in [-0.2, -0.15) is 0 Å². The Morgan fingerprint density at radius 2 is 1.56 bits per heavy atom. The largest absolute Gasteiger partial charge is 0.393 e. The molecule has 7 aliphatic rings. The molecule has 1 spiro atoms. The summed E-state index contributed by atoms with van der Waals surface area (Å²) in [7, 11) is 0. The van der Waals surface area contributed by atoms with Gasteiger partial charge in [0.1, 0.15) is 5.60 Å². The van der Waals surface area contributed by atoms with Crippen molar-refractivity contribution in [3.63, 3.8) is 0 Å². The third kappa shape index (κ3) is 4.85. The van der Waals surface area contributed by atoms with Crippen molar-refractivity contribution in [2.24, 2.45) is 40.9 Å². The summed E-state index contributed by atoms with van der Waals surface area (Å²) >= 11 is 0. The zero-order valence-corrected chi connectivity index (χ0v) is 26.5. The lowest BCUT2D eigenvalue weighted by Crippen LogP contribution is -2.56. The van der Waals surface area contributed by atoms with Crippen molar-refractivity contribution in [1.29, 1.82) is 0 Å². The quantitative estimate of drug-likeness (QED) is 0.207. The van der Waals surface area contributed by atoms with Crippen molar-refractivity contribution in [2.75, 3.05) is 13.2 Å². The number of allylic oxidation sites excluding steroid dienone is 1. The second-order valence-corrected chi connectivity index (χ2v) is 15.9. The maximum Gasteiger partial charge on any atom is 0.223 e. The molecule has 1 aliphatic heterocycles. The molecule has 236 valence electrons. The normalized spacial score (nSPS) is 48.0. The first-order valence-electron chi connectivity index (χ1n) is 17.6. The van der Waals surface area contributed by atoms with Gasteiger partial charge in [0.25, 0.3) is 0 Å². The number of hydrogen-bond donors (Lipinski definition) is 3. The highest BCUT2D eigenvalue weighted by Gasteiger charge is 2.65. The van der Waals surface area contributed by atoms with E-state index in [-0.39, 0.29) is 17.6 Å². The molecule has 6 fully saturated rings. The first-order chi connectivity index (χ1) is 20.6. The zero-order chi connectivity index (χ0) is 30.0. The SMILES string of the molecule is [C-]#[N+]C1CCC(C(O)C2CCC([C@H]3C[C@@]4(C)C(CC[C@@]4(O)C#CC)C4CC[C@@]5(O)CC6(CCC5=C43)OCCO6)CC2)CC1. The van der Waals surface area contributed by atoms with Crippen molar-refractivity contribution in [2.45, 2.75) is 146 Å². The maximum absolute atomic E-state index is 12.3. The molecular weight excluding hydrogens is 538 g/mol. The molecule has 1 heterocycles. The van der Waals surface area contributed by atoms with Crippen LogP contribution in [-0.4, -0.2) is 57.7 Å². The summed E-state index contributed by atoms with van der Waals surface area (Å²) < 4.78 is 12.2. The summed E-state index contributed by atoms with van der Waals surface area (Å²) in [6.45, 7) is 12.8. The van der Waals surface area contributed by atoms with E-state index in [0.717, 1.165) is 96.3 Å². The van der Waals surface area contributed by atoms with Crippen LogP contribution in [-0.2, 0) is 9.47 Å². The predicted octanol–water partition coefficient (Wildman–Crippen LogP) is 6.19. The van der Waals surface area contributed by atoms with Crippen molar-refractivity contribution in [3.8, 4) is 11.8 Å². The lowest BCUT2D eigenvalue weighted by atomic mass is 9.48. The molecule has 3 unspecified atom stereocenters. The first-order valence-corrected chi connectivity index (χ1v) is 17.6. The van der Waals surface area contributed by atoms with Crippen LogP contribution in [0.25, 0.3) is 4.85 Å². The molecule has 7 atom stereocenters. The molecule has 43 heavy (non-hydrogen) atoms. The van der Waals surface area contributed by atoms with Crippen molar-refractivity contribution in [1.82, 2.24) is 0 Å². The van der Waals surface area contributed by atoms with Gasteiger partial charge in [0.2, 0.25) is 6.04 Å².